The van der Waals surface area contributed by atoms with E-state index in [1.54, 1.807) is 0 Å². The Morgan fingerprint density at radius 1 is 1.14 bits per heavy atom. The highest BCUT2D eigenvalue weighted by Crippen LogP contribution is 2.49. The van der Waals surface area contributed by atoms with E-state index in [9.17, 15) is 18.3 Å². The lowest BCUT2D eigenvalue weighted by molar-refractivity contribution is -0.137. The van der Waals surface area contributed by atoms with Crippen LogP contribution < -0.4 is 0 Å². The smallest absolute Gasteiger partial charge is 0.410 e. The van der Waals surface area contributed by atoms with Crippen molar-refractivity contribution in [1.29, 1.82) is 0 Å². The van der Waals surface area contributed by atoms with E-state index >= 15 is 0 Å². The predicted molar refractivity (Wildman–Crippen MR) is 137 cm³/mol. The first kappa shape index (κ1) is 27.9. The van der Waals surface area contributed by atoms with Crippen LogP contribution in [0, 0.1) is 12.3 Å². The van der Waals surface area contributed by atoms with Crippen molar-refractivity contribution >= 4 is 8.32 Å². The van der Waals surface area contributed by atoms with Gasteiger partial charge >= 0.3 is 6.18 Å². The second kappa shape index (κ2) is 9.31. The molecule has 7 heteroatoms. The topological polar surface area (TPSA) is 42.4 Å². The molecule has 1 heterocycles. The molecule has 194 valence electrons. The van der Waals surface area contributed by atoms with Crippen LogP contribution >= 0.6 is 0 Å². The molecule has 0 amide bonds. The van der Waals surface area contributed by atoms with Crippen molar-refractivity contribution in [3.05, 3.63) is 63.5 Å². The Morgan fingerprint density at radius 3 is 2.20 bits per heavy atom. The summed E-state index contributed by atoms with van der Waals surface area (Å²) >= 11 is 0. The third-order valence-corrected chi connectivity index (χ3v) is 12.3. The molecule has 2 aromatic rings. The molecule has 1 aliphatic carbocycles. The molecule has 0 fully saturated rings. The second-order valence-electron chi connectivity index (χ2n) is 12.2. The summed E-state index contributed by atoms with van der Waals surface area (Å²) in [5.41, 5.74) is 4.21. The van der Waals surface area contributed by atoms with Gasteiger partial charge in [-0.1, -0.05) is 53.7 Å². The zero-order chi connectivity index (χ0) is 26.6. The maximum absolute atomic E-state index is 13.1. The standard InChI is InChI=1S/C28H40F3NO2Si/c1-10-20-24(25(33)18-11-13-19(14-12-18)28(29,30)31)17(2)23-21(32-20)15-27(6,7)16-22(23)34-35(8,9)26(3,4)5/h11-14,22,25,33H,10,15-16H2,1-9H3. The van der Waals surface area contributed by atoms with Gasteiger partial charge in [-0.25, -0.2) is 0 Å². The molecule has 0 radical (unpaired) electrons. The minimum Gasteiger partial charge on any atom is -0.410 e. The van der Waals surface area contributed by atoms with Gasteiger partial charge in [0.15, 0.2) is 8.32 Å². The normalized spacial score (nSPS) is 19.4. The number of nitrogens with zero attached hydrogens (tertiary/aromatic N) is 1. The van der Waals surface area contributed by atoms with Crippen molar-refractivity contribution in [3.8, 4) is 0 Å². The predicted octanol–water partition coefficient (Wildman–Crippen LogP) is 8.09. The zero-order valence-corrected chi connectivity index (χ0v) is 23.5. The minimum atomic E-state index is -4.41. The molecule has 1 aliphatic rings. The molecule has 2 atom stereocenters. The van der Waals surface area contributed by atoms with Gasteiger partial charge in [0, 0.05) is 22.5 Å². The van der Waals surface area contributed by atoms with Crippen LogP contribution in [0.15, 0.2) is 24.3 Å². The molecule has 0 spiro atoms. The van der Waals surface area contributed by atoms with E-state index in [-0.39, 0.29) is 16.6 Å². The summed E-state index contributed by atoms with van der Waals surface area (Å²) in [6.07, 6.45) is -3.31. The van der Waals surface area contributed by atoms with Crippen LogP contribution in [0.1, 0.15) is 99.4 Å². The molecule has 1 N–H and O–H groups in total. The molecule has 3 nitrogen and oxygen atoms in total. The highest BCUT2D eigenvalue weighted by Gasteiger charge is 2.44. The third-order valence-electron chi connectivity index (χ3n) is 7.81. The highest BCUT2D eigenvalue weighted by molar-refractivity contribution is 6.74. The van der Waals surface area contributed by atoms with Crippen LogP contribution in [0.5, 0.6) is 0 Å². The molecule has 0 saturated carbocycles. The number of rotatable bonds is 5. The summed E-state index contributed by atoms with van der Waals surface area (Å²) in [5, 5.41) is 11.4. The van der Waals surface area contributed by atoms with Crippen LogP contribution in [-0.4, -0.2) is 18.4 Å². The van der Waals surface area contributed by atoms with Gasteiger partial charge in [-0.3, -0.25) is 4.98 Å². The molecule has 3 rings (SSSR count). The SMILES string of the molecule is CCc1nc2c(c(C)c1C(O)c1ccc(C(F)(F)F)cc1)C(O[Si](C)(C)C(C)(C)C)CC(C)(C)C2. The molecular weight excluding hydrogens is 467 g/mol. The average molecular weight is 508 g/mol. The van der Waals surface area contributed by atoms with E-state index in [2.05, 4.69) is 47.7 Å². The molecule has 1 aromatic carbocycles. The van der Waals surface area contributed by atoms with Crippen molar-refractivity contribution in [2.75, 3.05) is 0 Å². The van der Waals surface area contributed by atoms with Crippen LogP contribution in [0.4, 0.5) is 13.2 Å². The Morgan fingerprint density at radius 2 is 1.71 bits per heavy atom. The van der Waals surface area contributed by atoms with Gasteiger partial charge in [0.05, 0.1) is 11.7 Å². The Hall–Kier alpha value is -1.70. The summed E-state index contributed by atoms with van der Waals surface area (Å²) < 4.78 is 46.1. The Labute approximate surface area is 209 Å². The van der Waals surface area contributed by atoms with Crippen molar-refractivity contribution in [2.45, 2.75) is 104 Å². The minimum absolute atomic E-state index is 0.0258. The first-order chi connectivity index (χ1) is 15.9. The Bertz CT molecular complexity index is 1070. The van der Waals surface area contributed by atoms with Crippen LogP contribution in [-0.2, 0) is 23.4 Å². The van der Waals surface area contributed by atoms with Gasteiger partial charge in [0.2, 0.25) is 0 Å². The lowest BCUT2D eigenvalue weighted by atomic mass is 9.73. The van der Waals surface area contributed by atoms with Crippen LogP contribution in [0.3, 0.4) is 0 Å². The average Bonchev–Trinajstić information content (AvgIpc) is 2.70. The molecule has 0 bridgehead atoms. The summed E-state index contributed by atoms with van der Waals surface area (Å²) in [4.78, 5) is 5.03. The fourth-order valence-corrected chi connectivity index (χ4v) is 6.11. The zero-order valence-electron chi connectivity index (χ0n) is 22.5. The van der Waals surface area contributed by atoms with Crippen molar-refractivity contribution in [3.63, 3.8) is 0 Å². The summed E-state index contributed by atoms with van der Waals surface area (Å²) in [5.74, 6) is 0. The van der Waals surface area contributed by atoms with E-state index < -0.39 is 26.2 Å². The largest absolute Gasteiger partial charge is 0.416 e. The number of aliphatic hydroxyl groups is 1. The number of pyridine rings is 1. The number of aromatic nitrogens is 1. The van der Waals surface area contributed by atoms with E-state index in [0.29, 0.717) is 17.5 Å². The quantitative estimate of drug-likeness (QED) is 0.416. The number of hydrogen-bond acceptors (Lipinski definition) is 3. The van der Waals surface area contributed by atoms with Crippen molar-refractivity contribution < 1.29 is 22.7 Å². The lowest BCUT2D eigenvalue weighted by Crippen LogP contribution is -2.44. The highest BCUT2D eigenvalue weighted by atomic mass is 28.4. The molecule has 0 aliphatic heterocycles. The molecule has 2 unspecified atom stereocenters. The van der Waals surface area contributed by atoms with Gasteiger partial charge < -0.3 is 9.53 Å². The van der Waals surface area contributed by atoms with E-state index in [1.807, 2.05) is 13.8 Å². The van der Waals surface area contributed by atoms with E-state index in [1.165, 1.54) is 12.1 Å². The van der Waals surface area contributed by atoms with Crippen molar-refractivity contribution in [2.24, 2.45) is 5.41 Å². The van der Waals surface area contributed by atoms with E-state index in [4.69, 9.17) is 9.41 Å². The number of aryl methyl sites for hydroxylation is 1. The summed E-state index contributed by atoms with van der Waals surface area (Å²) in [6.45, 7) is 19.6. The lowest BCUT2D eigenvalue weighted by Gasteiger charge is -2.45. The number of fused-ring (bicyclic) bond motifs is 1. The second-order valence-corrected chi connectivity index (χ2v) is 17.0. The molecular formula is C28H40F3NO2Si. The summed E-state index contributed by atoms with van der Waals surface area (Å²) in [6, 6.07) is 4.77. The first-order valence-electron chi connectivity index (χ1n) is 12.4. The number of aliphatic hydroxyl groups excluding tert-OH is 1. The maximum Gasteiger partial charge on any atom is 0.416 e. The van der Waals surface area contributed by atoms with Gasteiger partial charge in [0.1, 0.15) is 6.10 Å². The number of alkyl halides is 3. The fraction of sp³-hybridized carbons (Fsp3) is 0.607. The van der Waals surface area contributed by atoms with Gasteiger partial charge in [-0.05, 0) is 73.0 Å². The number of benzene rings is 1. The van der Waals surface area contributed by atoms with Crippen LogP contribution in [0.2, 0.25) is 18.1 Å². The van der Waals surface area contributed by atoms with Gasteiger partial charge in [0.25, 0.3) is 0 Å². The molecule has 35 heavy (non-hydrogen) atoms. The van der Waals surface area contributed by atoms with Crippen LogP contribution in [0.25, 0.3) is 0 Å². The molecule has 1 aromatic heterocycles. The van der Waals surface area contributed by atoms with Gasteiger partial charge in [-0.15, -0.1) is 0 Å². The number of hydrogen-bond donors (Lipinski definition) is 1. The third kappa shape index (κ3) is 5.67. The Kier molecular flexibility index (Phi) is 7.41. The van der Waals surface area contributed by atoms with Gasteiger partial charge in [-0.2, -0.15) is 13.2 Å². The molecule has 0 saturated heterocycles. The maximum atomic E-state index is 13.1. The monoisotopic (exact) mass is 507 g/mol. The van der Waals surface area contributed by atoms with Crippen molar-refractivity contribution in [1.82, 2.24) is 4.98 Å². The number of halogens is 3. The Balaban J connectivity index is 2.13. The van der Waals surface area contributed by atoms with E-state index in [0.717, 1.165) is 47.5 Å². The first-order valence-corrected chi connectivity index (χ1v) is 15.3. The summed E-state index contributed by atoms with van der Waals surface area (Å²) in [7, 11) is -2.10. The fourth-order valence-electron chi connectivity index (χ4n) is 4.84.